The van der Waals surface area contributed by atoms with Crippen molar-refractivity contribution in [3.63, 3.8) is 0 Å². The molecule has 0 unspecified atom stereocenters. The summed E-state index contributed by atoms with van der Waals surface area (Å²) >= 11 is 0. The van der Waals surface area contributed by atoms with Crippen molar-refractivity contribution in [2.75, 3.05) is 33.3 Å². The second-order valence-electron chi connectivity index (χ2n) is 4.17. The Kier molecular flexibility index (Phi) is 3.74. The van der Waals surface area contributed by atoms with Crippen LogP contribution in [0.15, 0.2) is 12.1 Å². The van der Waals surface area contributed by atoms with E-state index in [1.54, 1.807) is 7.11 Å². The molecule has 1 saturated heterocycles. The molecule has 1 fully saturated rings. The van der Waals surface area contributed by atoms with Gasteiger partial charge in [0.15, 0.2) is 0 Å². The molecule has 2 rings (SSSR count). The zero-order valence-corrected chi connectivity index (χ0v) is 9.99. The molecule has 0 amide bonds. The van der Waals surface area contributed by atoms with E-state index in [-0.39, 0.29) is 0 Å². The van der Waals surface area contributed by atoms with E-state index in [9.17, 15) is 0 Å². The maximum absolute atomic E-state index is 5.25. The highest BCUT2D eigenvalue weighted by molar-refractivity contribution is 5.26. The quantitative estimate of drug-likeness (QED) is 0.819. The molecule has 4 nitrogen and oxygen atoms in total. The summed E-state index contributed by atoms with van der Waals surface area (Å²) in [6.07, 6.45) is 0. The fourth-order valence-electron chi connectivity index (χ4n) is 2.00. The van der Waals surface area contributed by atoms with Gasteiger partial charge in [-0.25, -0.2) is 0 Å². The summed E-state index contributed by atoms with van der Waals surface area (Å²) in [5, 5.41) is 3.35. The molecular weight excluding hydrogens is 202 g/mol. The molecule has 1 aliphatic heterocycles. The number of aryl methyl sites for hydroxylation is 1. The first-order valence-corrected chi connectivity index (χ1v) is 5.72. The minimum absolute atomic E-state index is 0.901. The van der Waals surface area contributed by atoms with Crippen molar-refractivity contribution < 1.29 is 4.74 Å². The fraction of sp³-hybridized carbons (Fsp3) is 0.583. The van der Waals surface area contributed by atoms with E-state index in [2.05, 4.69) is 15.2 Å². The first-order valence-electron chi connectivity index (χ1n) is 5.72. The van der Waals surface area contributed by atoms with Crippen LogP contribution < -0.4 is 10.1 Å². The lowest BCUT2D eigenvalue weighted by molar-refractivity contribution is 0.230. The second kappa shape index (κ2) is 5.27. The van der Waals surface area contributed by atoms with E-state index in [1.165, 1.54) is 0 Å². The van der Waals surface area contributed by atoms with Gasteiger partial charge in [0, 0.05) is 50.6 Å². The number of ether oxygens (including phenoxy) is 1. The van der Waals surface area contributed by atoms with E-state index in [1.807, 2.05) is 19.1 Å². The molecule has 1 aliphatic rings. The van der Waals surface area contributed by atoms with Gasteiger partial charge in [-0.3, -0.25) is 9.88 Å². The first kappa shape index (κ1) is 11.4. The van der Waals surface area contributed by atoms with Crippen LogP contribution in [0.25, 0.3) is 0 Å². The third-order valence-corrected chi connectivity index (χ3v) is 2.81. The van der Waals surface area contributed by atoms with Gasteiger partial charge in [-0.1, -0.05) is 0 Å². The van der Waals surface area contributed by atoms with E-state index in [0.717, 1.165) is 49.9 Å². The van der Waals surface area contributed by atoms with E-state index >= 15 is 0 Å². The Balaban J connectivity index is 2.04. The molecule has 0 atom stereocenters. The van der Waals surface area contributed by atoms with Crippen molar-refractivity contribution in [2.24, 2.45) is 0 Å². The van der Waals surface area contributed by atoms with E-state index in [0.29, 0.717) is 0 Å². The van der Waals surface area contributed by atoms with Gasteiger partial charge < -0.3 is 10.1 Å². The predicted octanol–water partition coefficient (Wildman–Crippen LogP) is 0.804. The van der Waals surface area contributed by atoms with Crippen molar-refractivity contribution in [3.05, 3.63) is 23.5 Å². The van der Waals surface area contributed by atoms with Crippen LogP contribution in [-0.4, -0.2) is 43.2 Å². The maximum Gasteiger partial charge on any atom is 0.122 e. The summed E-state index contributed by atoms with van der Waals surface area (Å²) in [6, 6.07) is 3.98. The average Bonchev–Trinajstić information content (AvgIpc) is 2.29. The molecule has 16 heavy (non-hydrogen) atoms. The molecule has 1 N–H and O–H groups in total. The Labute approximate surface area is 96.6 Å². The number of nitrogens with one attached hydrogen (secondary N) is 1. The molecule has 0 saturated carbocycles. The third kappa shape index (κ3) is 2.93. The number of piperazine rings is 1. The molecule has 0 aromatic carbocycles. The van der Waals surface area contributed by atoms with Crippen molar-refractivity contribution in [1.29, 1.82) is 0 Å². The van der Waals surface area contributed by atoms with Crippen LogP contribution in [0.4, 0.5) is 0 Å². The number of methoxy groups -OCH3 is 1. The van der Waals surface area contributed by atoms with E-state index < -0.39 is 0 Å². The van der Waals surface area contributed by atoms with Crippen LogP contribution >= 0.6 is 0 Å². The molecule has 4 heteroatoms. The maximum atomic E-state index is 5.25. The Morgan fingerprint density at radius 2 is 2.12 bits per heavy atom. The lowest BCUT2D eigenvalue weighted by atomic mass is 10.2. The lowest BCUT2D eigenvalue weighted by Gasteiger charge is -2.26. The summed E-state index contributed by atoms with van der Waals surface area (Å²) in [7, 11) is 1.70. The van der Waals surface area contributed by atoms with Gasteiger partial charge in [0.2, 0.25) is 0 Å². The molecule has 0 radical (unpaired) electrons. The van der Waals surface area contributed by atoms with E-state index in [4.69, 9.17) is 4.74 Å². The van der Waals surface area contributed by atoms with Crippen LogP contribution in [0.5, 0.6) is 5.75 Å². The lowest BCUT2D eigenvalue weighted by Crippen LogP contribution is -2.43. The number of rotatable bonds is 3. The van der Waals surface area contributed by atoms with Crippen LogP contribution in [0.2, 0.25) is 0 Å². The summed E-state index contributed by atoms with van der Waals surface area (Å²) in [5.41, 5.74) is 2.11. The standard InChI is InChI=1S/C12H19N3O/c1-10-7-12(16-2)8-11(14-10)9-15-5-3-13-4-6-15/h7-8,13H,3-6,9H2,1-2H3. The van der Waals surface area contributed by atoms with Crippen LogP contribution in [-0.2, 0) is 6.54 Å². The van der Waals surface area contributed by atoms with Crippen LogP contribution in [0.1, 0.15) is 11.4 Å². The normalized spacial score (nSPS) is 17.4. The molecule has 1 aromatic heterocycles. The Bertz CT molecular complexity index is 348. The summed E-state index contributed by atoms with van der Waals surface area (Å²) < 4.78 is 5.25. The second-order valence-corrected chi connectivity index (χ2v) is 4.17. The van der Waals surface area contributed by atoms with Gasteiger partial charge in [-0.05, 0) is 6.92 Å². The highest BCUT2D eigenvalue weighted by atomic mass is 16.5. The number of hydrogen-bond donors (Lipinski definition) is 1. The number of hydrogen-bond acceptors (Lipinski definition) is 4. The molecule has 0 spiro atoms. The average molecular weight is 221 g/mol. The van der Waals surface area contributed by atoms with Crippen molar-refractivity contribution in [3.8, 4) is 5.75 Å². The molecule has 0 aliphatic carbocycles. The smallest absolute Gasteiger partial charge is 0.122 e. The number of pyridine rings is 1. The van der Waals surface area contributed by atoms with Crippen LogP contribution in [0.3, 0.4) is 0 Å². The van der Waals surface area contributed by atoms with Crippen molar-refractivity contribution >= 4 is 0 Å². The predicted molar refractivity (Wildman–Crippen MR) is 63.7 cm³/mol. The zero-order chi connectivity index (χ0) is 11.4. The Morgan fingerprint density at radius 1 is 1.38 bits per heavy atom. The highest BCUT2D eigenvalue weighted by Gasteiger charge is 2.11. The highest BCUT2D eigenvalue weighted by Crippen LogP contribution is 2.14. The van der Waals surface area contributed by atoms with Crippen LogP contribution in [0, 0.1) is 6.92 Å². The first-order chi connectivity index (χ1) is 7.78. The topological polar surface area (TPSA) is 37.4 Å². The molecular formula is C12H19N3O. The van der Waals surface area contributed by atoms with Gasteiger partial charge in [0.1, 0.15) is 5.75 Å². The molecule has 2 heterocycles. The number of aromatic nitrogens is 1. The van der Waals surface area contributed by atoms with Gasteiger partial charge in [-0.2, -0.15) is 0 Å². The van der Waals surface area contributed by atoms with Crippen molar-refractivity contribution in [1.82, 2.24) is 15.2 Å². The minimum Gasteiger partial charge on any atom is -0.497 e. The molecule has 88 valence electrons. The Hall–Kier alpha value is -1.13. The monoisotopic (exact) mass is 221 g/mol. The van der Waals surface area contributed by atoms with Gasteiger partial charge in [0.05, 0.1) is 12.8 Å². The summed E-state index contributed by atoms with van der Waals surface area (Å²) in [4.78, 5) is 6.95. The molecule has 0 bridgehead atoms. The minimum atomic E-state index is 0.901. The summed E-state index contributed by atoms with van der Waals surface area (Å²) in [6.45, 7) is 7.26. The zero-order valence-electron chi connectivity index (χ0n) is 9.99. The molecule has 1 aromatic rings. The van der Waals surface area contributed by atoms with Gasteiger partial charge >= 0.3 is 0 Å². The number of nitrogens with zero attached hydrogens (tertiary/aromatic N) is 2. The fourth-order valence-corrected chi connectivity index (χ4v) is 2.00. The summed E-state index contributed by atoms with van der Waals surface area (Å²) in [5.74, 6) is 0.901. The van der Waals surface area contributed by atoms with Gasteiger partial charge in [0.25, 0.3) is 0 Å². The largest absolute Gasteiger partial charge is 0.497 e. The third-order valence-electron chi connectivity index (χ3n) is 2.81. The Morgan fingerprint density at radius 3 is 2.81 bits per heavy atom. The van der Waals surface area contributed by atoms with Gasteiger partial charge in [-0.15, -0.1) is 0 Å². The van der Waals surface area contributed by atoms with Crippen molar-refractivity contribution in [2.45, 2.75) is 13.5 Å². The SMILES string of the molecule is COc1cc(C)nc(CN2CCNCC2)c1.